The Kier molecular flexibility index (Phi) is 5.45. The summed E-state index contributed by atoms with van der Waals surface area (Å²) in [5.41, 5.74) is 0.311. The molecule has 0 aliphatic carbocycles. The zero-order valence-corrected chi connectivity index (χ0v) is 15.1. The number of methoxy groups -OCH3 is 1. The molecule has 0 amide bonds. The van der Waals surface area contributed by atoms with E-state index >= 15 is 0 Å². The highest BCUT2D eigenvalue weighted by molar-refractivity contribution is 7.81. The van der Waals surface area contributed by atoms with Gasteiger partial charge in [0.15, 0.2) is 0 Å². The molecule has 1 N–H and O–H groups in total. The molecule has 0 fully saturated rings. The first-order valence-corrected chi connectivity index (χ1v) is 9.00. The van der Waals surface area contributed by atoms with E-state index in [-0.39, 0.29) is 28.5 Å². The Labute approximate surface area is 158 Å². The SMILES string of the molecule is COc1cc(-c2cc(F)c(COc3ccc(OS(=O)(=O)F)cc3)c(F)c2)[nH]n1. The Morgan fingerprint density at radius 3 is 2.18 bits per heavy atom. The van der Waals surface area contributed by atoms with Gasteiger partial charge < -0.3 is 13.7 Å². The van der Waals surface area contributed by atoms with E-state index in [1.54, 1.807) is 0 Å². The molecule has 148 valence electrons. The predicted molar refractivity (Wildman–Crippen MR) is 91.9 cm³/mol. The average Bonchev–Trinajstić information content (AvgIpc) is 3.10. The maximum atomic E-state index is 14.3. The second-order valence-corrected chi connectivity index (χ2v) is 6.43. The van der Waals surface area contributed by atoms with Crippen LogP contribution in [0.3, 0.4) is 0 Å². The molecule has 3 aromatic rings. The number of H-pyrrole nitrogens is 1. The van der Waals surface area contributed by atoms with Gasteiger partial charge in [-0.15, -0.1) is 5.10 Å². The summed E-state index contributed by atoms with van der Waals surface area (Å²) in [5.74, 6) is -1.48. The van der Waals surface area contributed by atoms with E-state index in [2.05, 4.69) is 14.4 Å². The van der Waals surface area contributed by atoms with Gasteiger partial charge in [-0.25, -0.2) is 8.78 Å². The maximum Gasteiger partial charge on any atom is 0.488 e. The monoisotopic (exact) mass is 414 g/mol. The minimum Gasteiger partial charge on any atom is -0.489 e. The van der Waals surface area contributed by atoms with Crippen LogP contribution in [0.5, 0.6) is 17.4 Å². The molecule has 0 radical (unpaired) electrons. The molecule has 0 saturated carbocycles. The normalized spacial score (nSPS) is 11.3. The minimum absolute atomic E-state index is 0.171. The number of benzene rings is 2. The van der Waals surface area contributed by atoms with Gasteiger partial charge in [0, 0.05) is 11.6 Å². The van der Waals surface area contributed by atoms with E-state index in [1.165, 1.54) is 25.3 Å². The lowest BCUT2D eigenvalue weighted by Crippen LogP contribution is -2.03. The first-order valence-electron chi connectivity index (χ1n) is 7.70. The summed E-state index contributed by atoms with van der Waals surface area (Å²) in [6, 6.07) is 8.53. The molecular formula is C17H13F3N2O5S. The van der Waals surface area contributed by atoms with Gasteiger partial charge in [-0.3, -0.25) is 5.10 Å². The van der Waals surface area contributed by atoms with Crippen LogP contribution in [0.1, 0.15) is 5.56 Å². The molecule has 0 aliphatic rings. The van der Waals surface area contributed by atoms with Crippen molar-refractivity contribution >= 4 is 10.5 Å². The summed E-state index contributed by atoms with van der Waals surface area (Å²) in [4.78, 5) is 0. The van der Waals surface area contributed by atoms with E-state index in [9.17, 15) is 21.1 Å². The Balaban J connectivity index is 1.72. The Bertz CT molecular complexity index is 1060. The van der Waals surface area contributed by atoms with Crippen molar-refractivity contribution in [3.63, 3.8) is 0 Å². The van der Waals surface area contributed by atoms with E-state index < -0.39 is 28.7 Å². The summed E-state index contributed by atoms with van der Waals surface area (Å²) in [5, 5.41) is 6.42. The third-order valence-electron chi connectivity index (χ3n) is 3.62. The first-order chi connectivity index (χ1) is 13.2. The van der Waals surface area contributed by atoms with Crippen molar-refractivity contribution in [2.75, 3.05) is 7.11 Å². The van der Waals surface area contributed by atoms with Crippen molar-refractivity contribution in [3.8, 4) is 28.6 Å². The number of aromatic nitrogens is 2. The van der Waals surface area contributed by atoms with E-state index in [1.807, 2.05) is 0 Å². The highest BCUT2D eigenvalue weighted by atomic mass is 32.3. The van der Waals surface area contributed by atoms with Crippen LogP contribution in [-0.4, -0.2) is 25.7 Å². The molecule has 7 nitrogen and oxygen atoms in total. The van der Waals surface area contributed by atoms with E-state index in [4.69, 9.17) is 9.47 Å². The Hall–Kier alpha value is -3.21. The predicted octanol–water partition coefficient (Wildman–Crippen LogP) is 3.54. The van der Waals surface area contributed by atoms with Gasteiger partial charge >= 0.3 is 10.5 Å². The fourth-order valence-electron chi connectivity index (χ4n) is 2.31. The Morgan fingerprint density at radius 2 is 1.64 bits per heavy atom. The number of nitrogens with zero attached hydrogens (tertiary/aromatic N) is 1. The zero-order valence-electron chi connectivity index (χ0n) is 14.3. The zero-order chi connectivity index (χ0) is 20.3. The number of hydrogen-bond acceptors (Lipinski definition) is 6. The summed E-state index contributed by atoms with van der Waals surface area (Å²) in [7, 11) is -3.73. The molecule has 11 heteroatoms. The molecule has 1 heterocycles. The molecule has 0 spiro atoms. The largest absolute Gasteiger partial charge is 0.489 e. The number of halogens is 3. The molecule has 2 aromatic carbocycles. The van der Waals surface area contributed by atoms with E-state index in [0.717, 1.165) is 24.3 Å². The molecule has 0 bridgehead atoms. The van der Waals surface area contributed by atoms with Gasteiger partial charge in [0.05, 0.1) is 18.4 Å². The van der Waals surface area contributed by atoms with Gasteiger partial charge in [-0.05, 0) is 36.4 Å². The lowest BCUT2D eigenvalue weighted by Gasteiger charge is -2.10. The number of nitrogens with one attached hydrogen (secondary N) is 1. The summed E-state index contributed by atoms with van der Waals surface area (Å²) in [6.45, 7) is -0.425. The smallest absolute Gasteiger partial charge is 0.488 e. The fraction of sp³-hybridized carbons (Fsp3) is 0.118. The molecule has 1 aromatic heterocycles. The van der Waals surface area contributed by atoms with Crippen LogP contribution >= 0.6 is 0 Å². The van der Waals surface area contributed by atoms with Gasteiger partial charge in [0.2, 0.25) is 5.88 Å². The van der Waals surface area contributed by atoms with Gasteiger partial charge in [-0.2, -0.15) is 8.42 Å². The van der Waals surface area contributed by atoms with Crippen LogP contribution in [0.15, 0.2) is 42.5 Å². The minimum atomic E-state index is -5.14. The van der Waals surface area contributed by atoms with Crippen LogP contribution in [0.2, 0.25) is 0 Å². The van der Waals surface area contributed by atoms with Crippen molar-refractivity contribution in [2.24, 2.45) is 0 Å². The van der Waals surface area contributed by atoms with Crippen LogP contribution in [-0.2, 0) is 17.1 Å². The molecule has 0 atom stereocenters. The van der Waals surface area contributed by atoms with Crippen molar-refractivity contribution in [2.45, 2.75) is 6.61 Å². The molecular weight excluding hydrogens is 401 g/mol. The van der Waals surface area contributed by atoms with Crippen molar-refractivity contribution in [3.05, 3.63) is 59.7 Å². The van der Waals surface area contributed by atoms with Gasteiger partial charge in [0.25, 0.3) is 0 Å². The summed E-state index contributed by atoms with van der Waals surface area (Å²) < 4.78 is 76.1. The molecule has 28 heavy (non-hydrogen) atoms. The lowest BCUT2D eigenvalue weighted by atomic mass is 10.1. The molecule has 0 aliphatic heterocycles. The van der Waals surface area contributed by atoms with Crippen LogP contribution < -0.4 is 13.7 Å². The fourth-order valence-corrected chi connectivity index (χ4v) is 2.66. The van der Waals surface area contributed by atoms with Crippen molar-refractivity contribution < 1.29 is 34.7 Å². The van der Waals surface area contributed by atoms with Gasteiger partial charge in [-0.1, -0.05) is 3.89 Å². The molecule has 3 rings (SSSR count). The van der Waals surface area contributed by atoms with Gasteiger partial charge in [0.1, 0.15) is 29.7 Å². The number of rotatable bonds is 7. The number of hydrogen-bond donors (Lipinski definition) is 1. The lowest BCUT2D eigenvalue weighted by molar-refractivity contribution is 0.292. The van der Waals surface area contributed by atoms with Crippen LogP contribution in [0, 0.1) is 11.6 Å². The number of ether oxygens (including phenoxy) is 2. The van der Waals surface area contributed by atoms with Crippen LogP contribution in [0.4, 0.5) is 12.7 Å². The first kappa shape index (κ1) is 19.5. The average molecular weight is 414 g/mol. The second-order valence-electron chi connectivity index (χ2n) is 5.48. The second kappa shape index (κ2) is 7.80. The maximum absolute atomic E-state index is 14.3. The summed E-state index contributed by atoms with van der Waals surface area (Å²) in [6.07, 6.45) is 0. The van der Waals surface area contributed by atoms with Crippen molar-refractivity contribution in [1.82, 2.24) is 10.2 Å². The number of aromatic amines is 1. The third kappa shape index (κ3) is 4.74. The summed E-state index contributed by atoms with van der Waals surface area (Å²) >= 11 is 0. The Morgan fingerprint density at radius 1 is 1.04 bits per heavy atom. The topological polar surface area (TPSA) is 90.5 Å². The molecule has 0 saturated heterocycles. The highest BCUT2D eigenvalue weighted by Gasteiger charge is 2.15. The quantitative estimate of drug-likeness (QED) is 0.595. The standard InChI is InChI=1S/C17H13F3N2O5S/c1-25-17-8-16(21-22-17)10-6-14(18)13(15(19)7-10)9-26-11-2-4-12(5-3-11)27-28(20,23)24/h2-8H,9H2,1H3,(H,21,22). The van der Waals surface area contributed by atoms with Crippen molar-refractivity contribution in [1.29, 1.82) is 0 Å². The van der Waals surface area contributed by atoms with Crippen LogP contribution in [0.25, 0.3) is 11.3 Å². The molecule has 0 unspecified atom stereocenters. The third-order valence-corrected chi connectivity index (χ3v) is 4.01. The highest BCUT2D eigenvalue weighted by Crippen LogP contribution is 2.26. The van der Waals surface area contributed by atoms with E-state index in [0.29, 0.717) is 5.69 Å².